The molecule has 110 valence electrons. The molecule has 0 aliphatic rings. The fourth-order valence-electron chi connectivity index (χ4n) is 1.78. The molecular weight excluding hydrogens is 256 g/mol. The highest BCUT2D eigenvalue weighted by Crippen LogP contribution is 2.15. The number of hydrazine groups is 1. The molecule has 0 bridgehead atoms. The summed E-state index contributed by atoms with van der Waals surface area (Å²) in [5.41, 5.74) is 3.31. The molecule has 0 spiro atoms. The van der Waals surface area contributed by atoms with Crippen LogP contribution in [0.1, 0.15) is 20.3 Å². The maximum absolute atomic E-state index is 5.56. The molecular formula is C13H22N6O. The quantitative estimate of drug-likeness (QED) is 0.385. The number of ether oxygens (including phenoxy) is 1. The monoisotopic (exact) mass is 278 g/mol. The van der Waals surface area contributed by atoms with Gasteiger partial charge in [0.05, 0.1) is 12.8 Å². The lowest BCUT2D eigenvalue weighted by Gasteiger charge is -2.10. The minimum absolute atomic E-state index is 0.582. The lowest BCUT2D eigenvalue weighted by molar-refractivity contribution is 0.132. The van der Waals surface area contributed by atoms with Crippen LogP contribution in [-0.4, -0.2) is 34.1 Å². The van der Waals surface area contributed by atoms with Crippen molar-refractivity contribution in [2.75, 3.05) is 30.5 Å². The minimum Gasteiger partial charge on any atom is -0.380 e. The van der Waals surface area contributed by atoms with Crippen LogP contribution in [-0.2, 0) is 4.74 Å². The molecule has 7 nitrogen and oxygen atoms in total. The van der Waals surface area contributed by atoms with Gasteiger partial charge in [0.2, 0.25) is 0 Å². The molecule has 0 unspecified atom stereocenters. The Hall–Kier alpha value is -1.86. The fourth-order valence-corrected chi connectivity index (χ4v) is 1.78. The van der Waals surface area contributed by atoms with E-state index in [1.807, 2.05) is 10.6 Å². The largest absolute Gasteiger partial charge is 0.380 e. The number of anilines is 2. The van der Waals surface area contributed by atoms with Gasteiger partial charge in [-0.1, -0.05) is 13.8 Å². The first-order valence-electron chi connectivity index (χ1n) is 6.82. The van der Waals surface area contributed by atoms with E-state index < -0.39 is 0 Å². The molecule has 0 aliphatic heterocycles. The Bertz CT molecular complexity index is 539. The number of nitrogens with two attached hydrogens (primary N) is 1. The first-order chi connectivity index (χ1) is 9.70. The van der Waals surface area contributed by atoms with Crippen LogP contribution in [0.25, 0.3) is 5.65 Å². The molecule has 2 heterocycles. The Labute approximate surface area is 118 Å². The Morgan fingerprint density at radius 2 is 2.25 bits per heavy atom. The number of imidazole rings is 1. The van der Waals surface area contributed by atoms with Gasteiger partial charge < -0.3 is 19.9 Å². The molecule has 0 radical (unpaired) electrons. The van der Waals surface area contributed by atoms with Crippen molar-refractivity contribution >= 4 is 17.3 Å². The normalized spacial score (nSPS) is 11.2. The van der Waals surface area contributed by atoms with Crippen LogP contribution >= 0.6 is 0 Å². The summed E-state index contributed by atoms with van der Waals surface area (Å²) in [6.07, 6.45) is 6.44. The van der Waals surface area contributed by atoms with Gasteiger partial charge in [0.15, 0.2) is 17.3 Å². The molecule has 0 aromatic carbocycles. The van der Waals surface area contributed by atoms with E-state index in [1.165, 1.54) is 0 Å². The van der Waals surface area contributed by atoms with E-state index in [0.717, 1.165) is 18.7 Å². The number of aromatic nitrogens is 3. The topological polar surface area (TPSA) is 89.5 Å². The summed E-state index contributed by atoms with van der Waals surface area (Å²) in [7, 11) is 0. The smallest absolute Gasteiger partial charge is 0.180 e. The average Bonchev–Trinajstić information content (AvgIpc) is 2.90. The van der Waals surface area contributed by atoms with Crippen molar-refractivity contribution in [3.05, 3.63) is 18.6 Å². The fraction of sp³-hybridized carbons (Fsp3) is 0.538. The molecule has 2 aromatic rings. The van der Waals surface area contributed by atoms with Crippen molar-refractivity contribution < 1.29 is 4.74 Å². The van der Waals surface area contributed by atoms with E-state index in [1.54, 1.807) is 12.4 Å². The molecule has 0 fully saturated rings. The Morgan fingerprint density at radius 3 is 3.00 bits per heavy atom. The van der Waals surface area contributed by atoms with Crippen molar-refractivity contribution in [2.24, 2.45) is 11.8 Å². The Kier molecular flexibility index (Phi) is 5.14. The van der Waals surface area contributed by atoms with E-state index in [9.17, 15) is 0 Å². The zero-order chi connectivity index (χ0) is 14.4. The first kappa shape index (κ1) is 14.5. The van der Waals surface area contributed by atoms with Crippen LogP contribution in [0.3, 0.4) is 0 Å². The van der Waals surface area contributed by atoms with Gasteiger partial charge in [0.25, 0.3) is 0 Å². The zero-order valence-corrected chi connectivity index (χ0v) is 12.0. The molecule has 0 saturated carbocycles. The van der Waals surface area contributed by atoms with Crippen molar-refractivity contribution in [1.82, 2.24) is 14.4 Å². The predicted molar refractivity (Wildman–Crippen MR) is 79.6 cm³/mol. The molecule has 0 saturated heterocycles. The molecule has 20 heavy (non-hydrogen) atoms. The summed E-state index contributed by atoms with van der Waals surface area (Å²) in [5, 5.41) is 3.22. The summed E-state index contributed by atoms with van der Waals surface area (Å²) in [4.78, 5) is 8.61. The van der Waals surface area contributed by atoms with Crippen molar-refractivity contribution in [2.45, 2.75) is 20.3 Å². The second kappa shape index (κ2) is 7.06. The molecule has 2 aromatic heterocycles. The second-order valence-corrected chi connectivity index (χ2v) is 5.00. The number of nitrogen functional groups attached to an aromatic ring is 1. The van der Waals surface area contributed by atoms with E-state index in [4.69, 9.17) is 10.6 Å². The van der Waals surface area contributed by atoms with E-state index in [0.29, 0.717) is 30.7 Å². The van der Waals surface area contributed by atoms with Crippen LogP contribution in [0.4, 0.5) is 11.6 Å². The van der Waals surface area contributed by atoms with E-state index in [2.05, 4.69) is 34.6 Å². The van der Waals surface area contributed by atoms with Crippen LogP contribution < -0.4 is 16.6 Å². The van der Waals surface area contributed by atoms with Crippen LogP contribution in [0, 0.1) is 5.92 Å². The van der Waals surface area contributed by atoms with Crippen molar-refractivity contribution in [3.8, 4) is 0 Å². The standard InChI is InChI=1S/C13H22N6O/c1-10(2)3-7-20-8-5-15-12-13-16-4-6-19(13)9-11(17-12)18-14/h4,6,9-10,18H,3,5,7-8,14H2,1-2H3,(H,15,17). The van der Waals surface area contributed by atoms with Crippen LogP contribution in [0.15, 0.2) is 18.6 Å². The summed E-state index contributed by atoms with van der Waals surface area (Å²) in [6.45, 7) is 6.48. The third kappa shape index (κ3) is 3.82. The number of hydrogen-bond acceptors (Lipinski definition) is 6. The van der Waals surface area contributed by atoms with Crippen molar-refractivity contribution in [1.29, 1.82) is 0 Å². The predicted octanol–water partition coefficient (Wildman–Crippen LogP) is 1.49. The number of nitrogens with zero attached hydrogens (tertiary/aromatic N) is 3. The summed E-state index contributed by atoms with van der Waals surface area (Å²) < 4.78 is 7.42. The SMILES string of the molecule is CC(C)CCOCCNc1nc(NN)cn2ccnc12. The Morgan fingerprint density at radius 1 is 1.40 bits per heavy atom. The van der Waals surface area contributed by atoms with Gasteiger partial charge in [-0.05, 0) is 12.3 Å². The number of hydrogen-bond donors (Lipinski definition) is 3. The molecule has 0 amide bonds. The number of fused-ring (bicyclic) bond motifs is 1. The third-order valence-electron chi connectivity index (χ3n) is 2.90. The highest BCUT2D eigenvalue weighted by molar-refractivity contribution is 5.65. The summed E-state index contributed by atoms with van der Waals surface area (Å²) in [6, 6.07) is 0. The molecule has 0 atom stereocenters. The van der Waals surface area contributed by atoms with Gasteiger partial charge >= 0.3 is 0 Å². The van der Waals surface area contributed by atoms with Crippen LogP contribution in [0.5, 0.6) is 0 Å². The minimum atomic E-state index is 0.582. The van der Waals surface area contributed by atoms with Crippen LogP contribution in [0.2, 0.25) is 0 Å². The summed E-state index contributed by atoms with van der Waals surface area (Å²) >= 11 is 0. The highest BCUT2D eigenvalue weighted by atomic mass is 16.5. The lowest BCUT2D eigenvalue weighted by atomic mass is 10.1. The third-order valence-corrected chi connectivity index (χ3v) is 2.90. The van der Waals surface area contributed by atoms with Gasteiger partial charge in [0.1, 0.15) is 0 Å². The number of nitrogens with one attached hydrogen (secondary N) is 2. The van der Waals surface area contributed by atoms with E-state index >= 15 is 0 Å². The zero-order valence-electron chi connectivity index (χ0n) is 12.0. The Balaban J connectivity index is 1.87. The van der Waals surface area contributed by atoms with Gasteiger partial charge in [-0.2, -0.15) is 0 Å². The van der Waals surface area contributed by atoms with Gasteiger partial charge in [-0.3, -0.25) is 0 Å². The maximum atomic E-state index is 5.56. The van der Waals surface area contributed by atoms with Gasteiger partial charge in [-0.15, -0.1) is 0 Å². The molecule has 2 rings (SSSR count). The van der Waals surface area contributed by atoms with Crippen molar-refractivity contribution in [3.63, 3.8) is 0 Å². The number of rotatable bonds is 8. The summed E-state index contributed by atoms with van der Waals surface area (Å²) in [5.74, 6) is 7.35. The maximum Gasteiger partial charge on any atom is 0.180 e. The molecule has 7 heteroatoms. The molecule has 0 aliphatic carbocycles. The van der Waals surface area contributed by atoms with Gasteiger partial charge in [0, 0.05) is 25.5 Å². The highest BCUT2D eigenvalue weighted by Gasteiger charge is 2.06. The first-order valence-corrected chi connectivity index (χ1v) is 6.82. The van der Waals surface area contributed by atoms with Gasteiger partial charge in [-0.25, -0.2) is 15.8 Å². The molecule has 4 N–H and O–H groups in total. The second-order valence-electron chi connectivity index (χ2n) is 5.00. The average molecular weight is 278 g/mol. The van der Waals surface area contributed by atoms with E-state index in [-0.39, 0.29) is 0 Å². The lowest BCUT2D eigenvalue weighted by Crippen LogP contribution is -2.15.